The van der Waals surface area contributed by atoms with E-state index in [9.17, 15) is 14.7 Å². The maximum atomic E-state index is 12.2. The second-order valence-electron chi connectivity index (χ2n) is 4.75. The van der Waals surface area contributed by atoms with Crippen LogP contribution in [0.2, 0.25) is 0 Å². The highest BCUT2D eigenvalue weighted by atomic mass is 16.5. The molecule has 0 aliphatic carbocycles. The van der Waals surface area contributed by atoms with Crippen LogP contribution in [0.3, 0.4) is 0 Å². The van der Waals surface area contributed by atoms with Gasteiger partial charge in [-0.3, -0.25) is 4.79 Å². The van der Waals surface area contributed by atoms with E-state index in [1.165, 1.54) is 6.92 Å². The number of hydrogen-bond donors (Lipinski definition) is 3. The number of carbonyl (C=O) groups is 2. The zero-order valence-electron chi connectivity index (χ0n) is 11.5. The molecule has 0 bridgehead atoms. The zero-order valence-corrected chi connectivity index (χ0v) is 11.5. The Morgan fingerprint density at radius 3 is 2.85 bits per heavy atom. The first-order valence-corrected chi connectivity index (χ1v) is 6.48. The standard InChI is InChI=1S/C14H18N2O4/c1-3-20-13(19)14(16-9(2)17)8-10-6-4-5-7-11(10)15-12(14)18/h4-7,12,15,18H,3,8H2,1-2H3,(H,16,17). The average Bonchev–Trinajstić information content (AvgIpc) is 2.39. The number of rotatable bonds is 3. The summed E-state index contributed by atoms with van der Waals surface area (Å²) in [4.78, 5) is 23.7. The number of fused-ring (bicyclic) bond motifs is 1. The lowest BCUT2D eigenvalue weighted by atomic mass is 9.84. The van der Waals surface area contributed by atoms with Crippen molar-refractivity contribution in [2.24, 2.45) is 0 Å². The molecular formula is C14H18N2O4. The Labute approximate surface area is 117 Å². The Balaban J connectivity index is 2.41. The van der Waals surface area contributed by atoms with E-state index in [0.29, 0.717) is 0 Å². The largest absolute Gasteiger partial charge is 0.464 e. The van der Waals surface area contributed by atoms with Crippen molar-refractivity contribution in [3.05, 3.63) is 29.8 Å². The molecule has 0 spiro atoms. The van der Waals surface area contributed by atoms with Crippen molar-refractivity contribution in [2.75, 3.05) is 11.9 Å². The van der Waals surface area contributed by atoms with Gasteiger partial charge in [0.2, 0.25) is 5.91 Å². The first-order valence-electron chi connectivity index (χ1n) is 6.48. The Kier molecular flexibility index (Phi) is 3.94. The summed E-state index contributed by atoms with van der Waals surface area (Å²) < 4.78 is 5.02. The molecule has 1 heterocycles. The van der Waals surface area contributed by atoms with Crippen LogP contribution in [0.25, 0.3) is 0 Å². The van der Waals surface area contributed by atoms with Gasteiger partial charge >= 0.3 is 5.97 Å². The molecule has 0 saturated heterocycles. The van der Waals surface area contributed by atoms with Gasteiger partial charge in [-0.15, -0.1) is 0 Å². The molecule has 0 aromatic heterocycles. The number of ether oxygens (including phenoxy) is 1. The molecule has 1 aromatic carbocycles. The van der Waals surface area contributed by atoms with E-state index in [1.54, 1.807) is 13.0 Å². The van der Waals surface area contributed by atoms with E-state index in [0.717, 1.165) is 11.3 Å². The van der Waals surface area contributed by atoms with Gasteiger partial charge in [0, 0.05) is 19.0 Å². The van der Waals surface area contributed by atoms with Gasteiger partial charge in [0.05, 0.1) is 6.61 Å². The van der Waals surface area contributed by atoms with Crippen LogP contribution in [0.5, 0.6) is 0 Å². The normalized spacial score (nSPS) is 24.2. The van der Waals surface area contributed by atoms with Crippen LogP contribution in [0.15, 0.2) is 24.3 Å². The van der Waals surface area contributed by atoms with Gasteiger partial charge in [0.15, 0.2) is 11.8 Å². The fourth-order valence-corrected chi connectivity index (χ4v) is 2.40. The molecule has 1 aliphatic heterocycles. The number of hydrogen-bond acceptors (Lipinski definition) is 5. The van der Waals surface area contributed by atoms with Crippen LogP contribution >= 0.6 is 0 Å². The minimum absolute atomic E-state index is 0.175. The van der Waals surface area contributed by atoms with Crippen molar-refractivity contribution in [3.63, 3.8) is 0 Å². The highest BCUT2D eigenvalue weighted by molar-refractivity contribution is 5.89. The summed E-state index contributed by atoms with van der Waals surface area (Å²) in [5.74, 6) is -1.05. The third-order valence-electron chi connectivity index (χ3n) is 3.28. The highest BCUT2D eigenvalue weighted by Crippen LogP contribution is 2.31. The van der Waals surface area contributed by atoms with Crippen LogP contribution in [0.4, 0.5) is 5.69 Å². The molecule has 2 rings (SSSR count). The van der Waals surface area contributed by atoms with Crippen molar-refractivity contribution >= 4 is 17.6 Å². The van der Waals surface area contributed by atoms with E-state index in [1.807, 2.05) is 18.2 Å². The second-order valence-corrected chi connectivity index (χ2v) is 4.75. The van der Waals surface area contributed by atoms with Crippen LogP contribution in [0, 0.1) is 0 Å². The maximum Gasteiger partial charge on any atom is 0.336 e. The Hall–Kier alpha value is -2.08. The number of nitrogens with one attached hydrogen (secondary N) is 2. The zero-order chi connectivity index (χ0) is 14.8. The number of carbonyl (C=O) groups excluding carboxylic acids is 2. The molecule has 1 amide bonds. The van der Waals surface area contributed by atoms with Crippen LogP contribution in [0.1, 0.15) is 19.4 Å². The molecule has 1 aliphatic rings. The summed E-state index contributed by atoms with van der Waals surface area (Å²) in [6.45, 7) is 3.15. The number of benzene rings is 1. The number of anilines is 1. The summed E-state index contributed by atoms with van der Waals surface area (Å²) in [5, 5.41) is 15.7. The highest BCUT2D eigenvalue weighted by Gasteiger charge is 2.50. The minimum atomic E-state index is -1.50. The van der Waals surface area contributed by atoms with Gasteiger partial charge in [-0.25, -0.2) is 4.79 Å². The smallest absolute Gasteiger partial charge is 0.336 e. The summed E-state index contributed by atoms with van der Waals surface area (Å²) in [5.41, 5.74) is 0.0702. The predicted molar refractivity (Wildman–Crippen MR) is 73.0 cm³/mol. The van der Waals surface area contributed by atoms with Crippen molar-refractivity contribution in [1.82, 2.24) is 5.32 Å². The van der Waals surface area contributed by atoms with Gasteiger partial charge in [-0.2, -0.15) is 0 Å². The van der Waals surface area contributed by atoms with Crippen molar-refractivity contribution in [2.45, 2.75) is 32.0 Å². The number of aliphatic hydroxyl groups excluding tert-OH is 1. The molecule has 0 saturated carbocycles. The molecule has 108 valence electrons. The molecule has 2 unspecified atom stereocenters. The molecular weight excluding hydrogens is 260 g/mol. The molecule has 3 N–H and O–H groups in total. The average molecular weight is 278 g/mol. The van der Waals surface area contributed by atoms with E-state index < -0.39 is 23.6 Å². The summed E-state index contributed by atoms with van der Waals surface area (Å²) in [6.07, 6.45) is -1.07. The minimum Gasteiger partial charge on any atom is -0.464 e. The molecule has 0 radical (unpaired) electrons. The molecule has 6 heteroatoms. The third-order valence-corrected chi connectivity index (χ3v) is 3.28. The maximum absolute atomic E-state index is 12.2. The molecule has 6 nitrogen and oxygen atoms in total. The second kappa shape index (κ2) is 5.50. The lowest BCUT2D eigenvalue weighted by molar-refractivity contribution is -0.158. The lowest BCUT2D eigenvalue weighted by Crippen LogP contribution is -2.67. The number of aliphatic hydroxyl groups is 1. The van der Waals surface area contributed by atoms with Gasteiger partial charge in [0.1, 0.15) is 0 Å². The Bertz CT molecular complexity index is 532. The summed E-state index contributed by atoms with van der Waals surface area (Å²) >= 11 is 0. The van der Waals surface area contributed by atoms with E-state index in [-0.39, 0.29) is 13.0 Å². The lowest BCUT2D eigenvalue weighted by Gasteiger charge is -2.40. The van der Waals surface area contributed by atoms with Crippen molar-refractivity contribution < 1.29 is 19.4 Å². The number of para-hydroxylation sites is 1. The predicted octanol–water partition coefficient (Wildman–Crippen LogP) is 0.411. The van der Waals surface area contributed by atoms with E-state index in [2.05, 4.69) is 10.6 Å². The van der Waals surface area contributed by atoms with Gasteiger partial charge in [-0.1, -0.05) is 18.2 Å². The first-order chi connectivity index (χ1) is 9.49. The van der Waals surface area contributed by atoms with Gasteiger partial charge < -0.3 is 20.5 Å². The monoisotopic (exact) mass is 278 g/mol. The Morgan fingerprint density at radius 1 is 1.50 bits per heavy atom. The van der Waals surface area contributed by atoms with Gasteiger partial charge in [-0.05, 0) is 18.6 Å². The fraction of sp³-hybridized carbons (Fsp3) is 0.429. The summed E-state index contributed by atoms with van der Waals surface area (Å²) in [7, 11) is 0. The van der Waals surface area contributed by atoms with Gasteiger partial charge in [0.25, 0.3) is 0 Å². The van der Waals surface area contributed by atoms with Crippen LogP contribution < -0.4 is 10.6 Å². The quantitative estimate of drug-likeness (QED) is 0.697. The summed E-state index contributed by atoms with van der Waals surface area (Å²) in [6, 6.07) is 7.31. The van der Waals surface area contributed by atoms with Crippen LogP contribution in [-0.4, -0.2) is 35.4 Å². The molecule has 20 heavy (non-hydrogen) atoms. The fourth-order valence-electron chi connectivity index (χ4n) is 2.40. The molecule has 0 fully saturated rings. The van der Waals surface area contributed by atoms with E-state index in [4.69, 9.17) is 4.74 Å². The molecule has 2 atom stereocenters. The third kappa shape index (κ3) is 2.46. The first kappa shape index (κ1) is 14.3. The van der Waals surface area contributed by atoms with Crippen molar-refractivity contribution in [3.8, 4) is 0 Å². The van der Waals surface area contributed by atoms with E-state index >= 15 is 0 Å². The topological polar surface area (TPSA) is 87.7 Å². The SMILES string of the molecule is CCOC(=O)C1(NC(C)=O)Cc2ccccc2NC1O. The van der Waals surface area contributed by atoms with Crippen LogP contribution in [-0.2, 0) is 20.7 Å². The molecule has 1 aromatic rings. The number of esters is 1. The Morgan fingerprint density at radius 2 is 2.20 bits per heavy atom. The number of amides is 1. The van der Waals surface area contributed by atoms with Crippen molar-refractivity contribution in [1.29, 1.82) is 0 Å².